The lowest BCUT2D eigenvalue weighted by atomic mass is 9.92. The lowest BCUT2D eigenvalue weighted by Gasteiger charge is -2.26. The molecule has 1 atom stereocenters. The molecule has 3 aromatic rings. The molecule has 0 spiro atoms. The predicted molar refractivity (Wildman–Crippen MR) is 94.4 cm³/mol. The average molecular weight is 337 g/mol. The number of aliphatic carboxylic acids is 1. The van der Waals surface area contributed by atoms with Crippen LogP contribution in [0.2, 0.25) is 5.02 Å². The predicted octanol–water partition coefficient (Wildman–Crippen LogP) is 5.09. The first-order chi connectivity index (χ1) is 11.6. The number of rotatable bonds is 2. The standard InChI is InChI=1S/C20H13ClO3/c21-17-10-9-15(13-6-2-3-7-14(13)17)19-16(20(22)23)11-12-5-1-4-8-18(12)24-19/h1-11,19H,(H,22,23). The maximum atomic E-state index is 11.8. The Morgan fingerprint density at radius 3 is 2.46 bits per heavy atom. The van der Waals surface area contributed by atoms with Crippen LogP contribution in [-0.2, 0) is 4.79 Å². The Balaban J connectivity index is 1.94. The molecule has 0 saturated heterocycles. The van der Waals surface area contributed by atoms with Crippen molar-refractivity contribution in [3.8, 4) is 5.75 Å². The summed E-state index contributed by atoms with van der Waals surface area (Å²) >= 11 is 6.28. The monoisotopic (exact) mass is 336 g/mol. The zero-order valence-corrected chi connectivity index (χ0v) is 13.3. The van der Waals surface area contributed by atoms with Crippen molar-refractivity contribution in [2.45, 2.75) is 6.10 Å². The molecule has 118 valence electrons. The Morgan fingerprint density at radius 2 is 1.67 bits per heavy atom. The highest BCUT2D eigenvalue weighted by molar-refractivity contribution is 6.35. The first-order valence-corrected chi connectivity index (χ1v) is 7.90. The molecular formula is C20H13ClO3. The molecule has 0 radical (unpaired) electrons. The molecule has 0 bridgehead atoms. The van der Waals surface area contributed by atoms with Gasteiger partial charge in [0.25, 0.3) is 0 Å². The number of para-hydroxylation sites is 1. The van der Waals surface area contributed by atoms with Crippen LogP contribution in [-0.4, -0.2) is 11.1 Å². The summed E-state index contributed by atoms with van der Waals surface area (Å²) in [5.74, 6) is -0.319. The van der Waals surface area contributed by atoms with Crippen LogP contribution in [0.3, 0.4) is 0 Å². The number of ether oxygens (including phenoxy) is 1. The Morgan fingerprint density at radius 1 is 0.958 bits per heavy atom. The number of carboxylic acids is 1. The van der Waals surface area contributed by atoms with Gasteiger partial charge < -0.3 is 9.84 Å². The molecule has 24 heavy (non-hydrogen) atoms. The molecule has 0 aromatic heterocycles. The topological polar surface area (TPSA) is 46.5 Å². The summed E-state index contributed by atoms with van der Waals surface area (Å²) in [5.41, 5.74) is 1.77. The summed E-state index contributed by atoms with van der Waals surface area (Å²) in [6, 6.07) is 18.7. The van der Waals surface area contributed by atoms with Crippen LogP contribution in [0.5, 0.6) is 5.75 Å². The molecule has 4 rings (SSSR count). The third-order valence-electron chi connectivity index (χ3n) is 4.19. The average Bonchev–Trinajstić information content (AvgIpc) is 2.61. The SMILES string of the molecule is O=C(O)C1=Cc2ccccc2OC1c1ccc(Cl)c2ccccc12. The fourth-order valence-corrected chi connectivity index (χ4v) is 3.29. The Bertz CT molecular complexity index is 991. The molecular weight excluding hydrogens is 324 g/mol. The summed E-state index contributed by atoms with van der Waals surface area (Å²) in [4.78, 5) is 11.8. The second-order valence-corrected chi connectivity index (χ2v) is 6.03. The minimum Gasteiger partial charge on any atom is -0.480 e. The van der Waals surface area contributed by atoms with Crippen molar-refractivity contribution in [3.05, 3.63) is 82.4 Å². The van der Waals surface area contributed by atoms with Gasteiger partial charge in [0.15, 0.2) is 6.10 Å². The van der Waals surface area contributed by atoms with Gasteiger partial charge in [-0.1, -0.05) is 60.1 Å². The molecule has 0 aliphatic carbocycles. The van der Waals surface area contributed by atoms with Crippen LogP contribution < -0.4 is 4.74 Å². The van der Waals surface area contributed by atoms with Gasteiger partial charge in [-0.3, -0.25) is 0 Å². The molecule has 0 fully saturated rings. The molecule has 3 aromatic carbocycles. The largest absolute Gasteiger partial charge is 0.480 e. The van der Waals surface area contributed by atoms with Gasteiger partial charge in [0.05, 0.1) is 5.57 Å². The first kappa shape index (κ1) is 14.8. The van der Waals surface area contributed by atoms with Crippen LogP contribution in [0.4, 0.5) is 0 Å². The van der Waals surface area contributed by atoms with Gasteiger partial charge in [0.1, 0.15) is 5.75 Å². The van der Waals surface area contributed by atoms with Crippen molar-refractivity contribution in [1.29, 1.82) is 0 Å². The quantitative estimate of drug-likeness (QED) is 0.708. The smallest absolute Gasteiger partial charge is 0.335 e. The van der Waals surface area contributed by atoms with Crippen molar-refractivity contribution in [1.82, 2.24) is 0 Å². The number of carbonyl (C=O) groups is 1. The fraction of sp³-hybridized carbons (Fsp3) is 0.0500. The Hall–Kier alpha value is -2.78. The highest BCUT2D eigenvalue weighted by Gasteiger charge is 2.30. The third kappa shape index (κ3) is 2.34. The summed E-state index contributed by atoms with van der Waals surface area (Å²) in [6.07, 6.45) is 0.995. The van der Waals surface area contributed by atoms with Gasteiger partial charge in [-0.05, 0) is 23.6 Å². The lowest BCUT2D eigenvalue weighted by molar-refractivity contribution is -0.133. The molecule has 4 heteroatoms. The van der Waals surface area contributed by atoms with E-state index in [1.807, 2.05) is 54.6 Å². The summed E-state index contributed by atoms with van der Waals surface area (Å²) < 4.78 is 6.05. The van der Waals surface area contributed by atoms with Crippen LogP contribution in [0.25, 0.3) is 16.8 Å². The van der Waals surface area contributed by atoms with Gasteiger partial charge in [0.2, 0.25) is 0 Å². The van der Waals surface area contributed by atoms with Crippen molar-refractivity contribution in [2.24, 2.45) is 0 Å². The van der Waals surface area contributed by atoms with E-state index in [1.54, 1.807) is 12.1 Å². The maximum absolute atomic E-state index is 11.8. The number of carboxylic acid groups (broad SMARTS) is 1. The Labute approximate surface area is 143 Å². The van der Waals surface area contributed by atoms with E-state index in [1.165, 1.54) is 0 Å². The number of hydrogen-bond donors (Lipinski definition) is 1. The summed E-state index contributed by atoms with van der Waals surface area (Å²) in [7, 11) is 0. The van der Waals surface area contributed by atoms with E-state index < -0.39 is 12.1 Å². The van der Waals surface area contributed by atoms with Gasteiger partial charge >= 0.3 is 5.97 Å². The van der Waals surface area contributed by atoms with Gasteiger partial charge in [-0.25, -0.2) is 4.79 Å². The van der Waals surface area contributed by atoms with Gasteiger partial charge in [0, 0.05) is 21.5 Å². The van der Waals surface area contributed by atoms with E-state index in [2.05, 4.69) is 0 Å². The van der Waals surface area contributed by atoms with Crippen LogP contribution in [0, 0.1) is 0 Å². The Kier molecular flexibility index (Phi) is 3.51. The molecule has 1 unspecified atom stereocenters. The van der Waals surface area contributed by atoms with E-state index >= 15 is 0 Å². The second kappa shape index (κ2) is 5.69. The minimum absolute atomic E-state index is 0.209. The zero-order chi connectivity index (χ0) is 16.7. The normalized spacial score (nSPS) is 16.2. The first-order valence-electron chi connectivity index (χ1n) is 7.53. The third-order valence-corrected chi connectivity index (χ3v) is 4.52. The van der Waals surface area contributed by atoms with Crippen molar-refractivity contribution >= 4 is 34.4 Å². The lowest BCUT2D eigenvalue weighted by Crippen LogP contribution is -2.20. The highest BCUT2D eigenvalue weighted by Crippen LogP contribution is 2.40. The van der Waals surface area contributed by atoms with E-state index in [4.69, 9.17) is 16.3 Å². The fourth-order valence-electron chi connectivity index (χ4n) is 3.06. The van der Waals surface area contributed by atoms with Crippen LogP contribution in [0.1, 0.15) is 17.2 Å². The maximum Gasteiger partial charge on any atom is 0.335 e. The molecule has 1 heterocycles. The molecule has 0 amide bonds. The van der Waals surface area contributed by atoms with E-state index in [-0.39, 0.29) is 5.57 Å². The second-order valence-electron chi connectivity index (χ2n) is 5.62. The number of benzene rings is 3. The van der Waals surface area contributed by atoms with E-state index in [9.17, 15) is 9.90 Å². The summed E-state index contributed by atoms with van der Waals surface area (Å²) in [6.45, 7) is 0. The van der Waals surface area contributed by atoms with Crippen molar-refractivity contribution < 1.29 is 14.6 Å². The van der Waals surface area contributed by atoms with Crippen LogP contribution >= 0.6 is 11.6 Å². The minimum atomic E-state index is -0.992. The van der Waals surface area contributed by atoms with Gasteiger partial charge in [-0.15, -0.1) is 0 Å². The number of hydrogen-bond acceptors (Lipinski definition) is 2. The van der Waals surface area contributed by atoms with Crippen molar-refractivity contribution in [2.75, 3.05) is 0 Å². The molecule has 1 aliphatic rings. The van der Waals surface area contributed by atoms with E-state index in [0.717, 1.165) is 21.9 Å². The zero-order valence-electron chi connectivity index (χ0n) is 12.6. The number of fused-ring (bicyclic) bond motifs is 2. The highest BCUT2D eigenvalue weighted by atomic mass is 35.5. The molecule has 1 N–H and O–H groups in total. The van der Waals surface area contributed by atoms with Gasteiger partial charge in [-0.2, -0.15) is 0 Å². The summed E-state index contributed by atoms with van der Waals surface area (Å²) in [5, 5.41) is 12.0. The molecule has 3 nitrogen and oxygen atoms in total. The molecule has 1 aliphatic heterocycles. The van der Waals surface area contributed by atoms with Crippen molar-refractivity contribution in [3.63, 3.8) is 0 Å². The molecule has 0 saturated carbocycles. The number of halogens is 1. The van der Waals surface area contributed by atoms with E-state index in [0.29, 0.717) is 10.8 Å². The van der Waals surface area contributed by atoms with Crippen LogP contribution in [0.15, 0.2) is 66.2 Å².